The first-order valence-electron chi connectivity index (χ1n) is 11.3. The molecule has 1 aromatic heterocycles. The van der Waals surface area contributed by atoms with E-state index in [0.717, 1.165) is 23.4 Å². The van der Waals surface area contributed by atoms with Crippen molar-refractivity contribution < 1.29 is 14.5 Å². The quantitative estimate of drug-likeness (QED) is 0.269. The molecule has 2 amide bonds. The number of nitrogens with zero attached hydrogens (tertiary/aromatic N) is 3. The molecule has 4 rings (SSSR count). The van der Waals surface area contributed by atoms with Crippen LogP contribution in [-0.2, 0) is 17.8 Å². The van der Waals surface area contributed by atoms with Crippen LogP contribution in [0.4, 0.5) is 5.69 Å². The Balaban J connectivity index is 1.28. The van der Waals surface area contributed by atoms with E-state index < -0.39 is 4.92 Å². The molecule has 35 heavy (non-hydrogen) atoms. The first kappa shape index (κ1) is 24.9. The van der Waals surface area contributed by atoms with Crippen LogP contribution in [0.5, 0.6) is 0 Å². The van der Waals surface area contributed by atoms with Gasteiger partial charge in [0.2, 0.25) is 5.91 Å². The average Bonchev–Trinajstić information content (AvgIpc) is 3.38. The van der Waals surface area contributed by atoms with E-state index in [2.05, 4.69) is 10.3 Å². The number of carbonyl (C=O) groups excluding carboxylic acids is 2. The molecule has 0 bridgehead atoms. The maximum absolute atomic E-state index is 12.7. The molecule has 182 valence electrons. The molecule has 1 aliphatic rings. The van der Waals surface area contributed by atoms with E-state index >= 15 is 0 Å². The lowest BCUT2D eigenvalue weighted by molar-refractivity contribution is -0.385. The highest BCUT2D eigenvalue weighted by Crippen LogP contribution is 2.30. The number of piperidine rings is 1. The van der Waals surface area contributed by atoms with Gasteiger partial charge in [-0.15, -0.1) is 23.1 Å². The molecule has 1 saturated heterocycles. The monoisotopic (exact) mass is 510 g/mol. The number of nitrogens with one attached hydrogen (secondary N) is 1. The second-order valence-electron chi connectivity index (χ2n) is 8.32. The van der Waals surface area contributed by atoms with Gasteiger partial charge in [-0.1, -0.05) is 30.3 Å². The Kier molecular flexibility index (Phi) is 8.14. The molecule has 0 saturated carbocycles. The Morgan fingerprint density at radius 1 is 1.17 bits per heavy atom. The number of nitro benzene ring substituents is 1. The van der Waals surface area contributed by atoms with Crippen LogP contribution in [0.15, 0.2) is 58.8 Å². The second-order valence-corrected chi connectivity index (χ2v) is 10.1. The molecule has 2 aromatic carbocycles. The molecule has 1 N–H and O–H groups in total. The topological polar surface area (TPSA) is 105 Å². The number of benzene rings is 2. The molecule has 0 spiro atoms. The number of carbonyl (C=O) groups is 2. The number of hydrogen-bond acceptors (Lipinski definition) is 7. The average molecular weight is 511 g/mol. The van der Waals surface area contributed by atoms with Gasteiger partial charge in [0.25, 0.3) is 11.6 Å². The van der Waals surface area contributed by atoms with Gasteiger partial charge in [0, 0.05) is 47.5 Å². The Bertz CT molecular complexity index is 1200. The third-order valence-corrected chi connectivity index (χ3v) is 7.84. The summed E-state index contributed by atoms with van der Waals surface area (Å²) in [7, 11) is 0. The molecule has 0 unspecified atom stereocenters. The number of rotatable bonds is 8. The largest absolute Gasteiger partial charge is 0.346 e. The number of thiazole rings is 1. The van der Waals surface area contributed by atoms with Crippen molar-refractivity contribution in [1.82, 2.24) is 15.2 Å². The first-order chi connectivity index (χ1) is 16.9. The van der Waals surface area contributed by atoms with E-state index in [1.165, 1.54) is 22.3 Å². The minimum Gasteiger partial charge on any atom is -0.346 e. The smallest absolute Gasteiger partial charge is 0.274 e. The summed E-state index contributed by atoms with van der Waals surface area (Å²) in [5, 5.41) is 16.5. The molecular formula is C25H26N4O4S2. The fourth-order valence-corrected chi connectivity index (χ4v) is 5.47. The molecule has 8 nitrogen and oxygen atoms in total. The maximum Gasteiger partial charge on any atom is 0.274 e. The second kappa shape index (κ2) is 11.5. The van der Waals surface area contributed by atoms with Crippen molar-refractivity contribution in [2.75, 3.05) is 19.3 Å². The third-order valence-electron chi connectivity index (χ3n) is 6.09. The van der Waals surface area contributed by atoms with Gasteiger partial charge in [-0.25, -0.2) is 4.98 Å². The molecule has 2 heterocycles. The van der Waals surface area contributed by atoms with E-state index in [-0.39, 0.29) is 30.0 Å². The molecule has 10 heteroatoms. The Labute approximate surface area is 211 Å². The lowest BCUT2D eigenvalue weighted by Gasteiger charge is -2.31. The zero-order chi connectivity index (χ0) is 24.8. The van der Waals surface area contributed by atoms with Crippen LogP contribution in [0.25, 0.3) is 0 Å². The van der Waals surface area contributed by atoms with E-state index in [0.29, 0.717) is 30.8 Å². The zero-order valence-electron chi connectivity index (χ0n) is 19.3. The summed E-state index contributed by atoms with van der Waals surface area (Å²) in [6, 6.07) is 14.4. The van der Waals surface area contributed by atoms with Crippen LogP contribution >= 0.6 is 23.1 Å². The van der Waals surface area contributed by atoms with Crippen molar-refractivity contribution in [3.05, 3.63) is 85.9 Å². The van der Waals surface area contributed by atoms with Gasteiger partial charge in [0.15, 0.2) is 0 Å². The summed E-state index contributed by atoms with van der Waals surface area (Å²) < 4.78 is 0. The summed E-state index contributed by atoms with van der Waals surface area (Å²) in [5.41, 5.74) is 1.76. The van der Waals surface area contributed by atoms with Gasteiger partial charge in [0.05, 0.1) is 16.4 Å². The summed E-state index contributed by atoms with van der Waals surface area (Å²) in [6.45, 7) is 1.40. The predicted molar refractivity (Wildman–Crippen MR) is 137 cm³/mol. The van der Waals surface area contributed by atoms with Crippen LogP contribution < -0.4 is 5.32 Å². The highest BCUT2D eigenvalue weighted by atomic mass is 32.2. The minimum atomic E-state index is -0.458. The van der Waals surface area contributed by atoms with Crippen molar-refractivity contribution in [2.45, 2.75) is 36.6 Å². The van der Waals surface area contributed by atoms with Gasteiger partial charge < -0.3 is 10.2 Å². The van der Waals surface area contributed by atoms with Gasteiger partial charge in [-0.05, 0) is 36.8 Å². The van der Waals surface area contributed by atoms with Crippen LogP contribution in [0.3, 0.4) is 0 Å². The van der Waals surface area contributed by atoms with Crippen molar-refractivity contribution in [3.8, 4) is 0 Å². The Morgan fingerprint density at radius 2 is 1.89 bits per heavy atom. The fourth-order valence-electron chi connectivity index (χ4n) is 4.09. The van der Waals surface area contributed by atoms with Crippen molar-refractivity contribution in [3.63, 3.8) is 0 Å². The van der Waals surface area contributed by atoms with Crippen LogP contribution in [0, 0.1) is 10.1 Å². The third kappa shape index (κ3) is 6.26. The first-order valence-corrected chi connectivity index (χ1v) is 13.4. The van der Waals surface area contributed by atoms with E-state index in [1.807, 2.05) is 35.4 Å². The zero-order valence-corrected chi connectivity index (χ0v) is 20.9. The Morgan fingerprint density at radius 3 is 2.57 bits per heavy atom. The highest BCUT2D eigenvalue weighted by molar-refractivity contribution is 7.98. The molecule has 3 aromatic rings. The lowest BCUT2D eigenvalue weighted by atomic mass is 9.97. The van der Waals surface area contributed by atoms with Gasteiger partial charge in [0.1, 0.15) is 5.69 Å². The number of likely N-dealkylation sites (tertiary alicyclic amines) is 1. The van der Waals surface area contributed by atoms with Gasteiger partial charge in [-0.2, -0.15) is 0 Å². The van der Waals surface area contributed by atoms with Crippen molar-refractivity contribution in [1.29, 1.82) is 0 Å². The van der Waals surface area contributed by atoms with Gasteiger partial charge in [-0.3, -0.25) is 19.7 Å². The number of hydrogen-bond donors (Lipinski definition) is 1. The molecule has 1 aliphatic heterocycles. The van der Waals surface area contributed by atoms with Crippen molar-refractivity contribution >= 4 is 40.6 Å². The lowest BCUT2D eigenvalue weighted by Crippen LogP contribution is -2.38. The molecular weight excluding hydrogens is 484 g/mol. The molecule has 0 radical (unpaired) electrons. The SMILES string of the molecule is CSc1ccc(CC(=O)N2CCC(c3nc(C(=O)NCc4ccccc4[N+](=O)[O-])cs3)CC2)cc1. The molecule has 0 aliphatic carbocycles. The minimum absolute atomic E-state index is 0.0231. The van der Waals surface area contributed by atoms with Crippen LogP contribution in [0.2, 0.25) is 0 Å². The number of aromatic nitrogens is 1. The van der Waals surface area contributed by atoms with E-state index in [4.69, 9.17) is 0 Å². The standard InChI is InChI=1S/C25H26N4O4S2/c1-34-20-8-6-17(7-9-20)14-23(30)28-12-10-18(11-13-28)25-27-21(16-35-25)24(31)26-15-19-4-2-3-5-22(19)29(32)33/h2-9,16,18H,10-15H2,1H3,(H,26,31). The van der Waals surface area contributed by atoms with Crippen LogP contribution in [-0.4, -0.2) is 46.0 Å². The number of para-hydroxylation sites is 1. The van der Waals surface area contributed by atoms with Crippen molar-refractivity contribution in [2.24, 2.45) is 0 Å². The normalized spacial score (nSPS) is 14.0. The van der Waals surface area contributed by atoms with E-state index in [9.17, 15) is 19.7 Å². The van der Waals surface area contributed by atoms with Gasteiger partial charge >= 0.3 is 0 Å². The number of nitro groups is 1. The fraction of sp³-hybridized carbons (Fsp3) is 0.320. The molecule has 0 atom stereocenters. The van der Waals surface area contributed by atoms with Crippen LogP contribution in [0.1, 0.15) is 45.4 Å². The molecule has 1 fully saturated rings. The number of thioether (sulfide) groups is 1. The Hall–Kier alpha value is -3.24. The van der Waals surface area contributed by atoms with E-state index in [1.54, 1.807) is 35.3 Å². The maximum atomic E-state index is 12.7. The predicted octanol–water partition coefficient (Wildman–Crippen LogP) is 4.65. The summed E-state index contributed by atoms with van der Waals surface area (Å²) >= 11 is 3.12. The summed E-state index contributed by atoms with van der Waals surface area (Å²) in [4.78, 5) is 43.6. The summed E-state index contributed by atoms with van der Waals surface area (Å²) in [5.74, 6) is -0.0120. The highest BCUT2D eigenvalue weighted by Gasteiger charge is 2.26. The summed E-state index contributed by atoms with van der Waals surface area (Å²) in [6.07, 6.45) is 4.05. The number of amides is 2.